The number of hydrogen-bond donors (Lipinski definition) is 1. The molecule has 0 aromatic rings. The Balaban J connectivity index is 2.88. The molecule has 1 fully saturated rings. The van der Waals surface area contributed by atoms with Crippen molar-refractivity contribution in [1.82, 2.24) is 0 Å². The SMILES string of the molecule is CC1CCC/C(=C(\C#N)C(N)=S)C1. The number of nitrogens with zero attached hydrogens (tertiary/aromatic N) is 1. The van der Waals surface area contributed by atoms with Gasteiger partial charge in [0.25, 0.3) is 0 Å². The molecule has 0 saturated heterocycles. The summed E-state index contributed by atoms with van der Waals surface area (Å²) in [5, 5.41) is 8.86. The third-order valence-corrected chi connectivity index (χ3v) is 2.69. The first-order valence-corrected chi connectivity index (χ1v) is 4.98. The maximum absolute atomic E-state index is 8.86. The Morgan fingerprint density at radius 3 is 2.85 bits per heavy atom. The van der Waals surface area contributed by atoms with E-state index >= 15 is 0 Å². The highest BCUT2D eigenvalue weighted by Crippen LogP contribution is 2.29. The predicted octanol–water partition coefficient (Wildman–Crippen LogP) is 2.30. The fourth-order valence-corrected chi connectivity index (χ4v) is 2.01. The Morgan fingerprint density at radius 2 is 2.38 bits per heavy atom. The van der Waals surface area contributed by atoms with Gasteiger partial charge in [0.2, 0.25) is 0 Å². The molecule has 0 heterocycles. The van der Waals surface area contributed by atoms with Gasteiger partial charge in [-0.3, -0.25) is 0 Å². The van der Waals surface area contributed by atoms with Crippen molar-refractivity contribution in [1.29, 1.82) is 5.26 Å². The van der Waals surface area contributed by atoms with E-state index < -0.39 is 0 Å². The maximum atomic E-state index is 8.86. The van der Waals surface area contributed by atoms with Gasteiger partial charge in [0.15, 0.2) is 0 Å². The summed E-state index contributed by atoms with van der Waals surface area (Å²) in [7, 11) is 0. The molecule has 70 valence electrons. The molecule has 1 unspecified atom stereocenters. The summed E-state index contributed by atoms with van der Waals surface area (Å²) < 4.78 is 0. The van der Waals surface area contributed by atoms with Crippen LogP contribution in [0.2, 0.25) is 0 Å². The minimum atomic E-state index is 0.256. The number of nitriles is 1. The average molecular weight is 194 g/mol. The van der Waals surface area contributed by atoms with Crippen LogP contribution in [0.5, 0.6) is 0 Å². The Kier molecular flexibility index (Phi) is 3.44. The molecular weight excluding hydrogens is 180 g/mol. The highest BCUT2D eigenvalue weighted by molar-refractivity contribution is 7.80. The molecule has 0 radical (unpaired) electrons. The number of hydrogen-bond acceptors (Lipinski definition) is 2. The lowest BCUT2D eigenvalue weighted by Gasteiger charge is -2.21. The Hall–Kier alpha value is -0.880. The van der Waals surface area contributed by atoms with Crippen molar-refractivity contribution in [3.63, 3.8) is 0 Å². The molecule has 1 saturated carbocycles. The zero-order valence-electron chi connectivity index (χ0n) is 7.84. The molecule has 0 aliphatic heterocycles. The van der Waals surface area contributed by atoms with Crippen molar-refractivity contribution in [2.75, 3.05) is 0 Å². The van der Waals surface area contributed by atoms with E-state index in [9.17, 15) is 0 Å². The lowest BCUT2D eigenvalue weighted by atomic mass is 9.84. The van der Waals surface area contributed by atoms with Gasteiger partial charge in [-0.2, -0.15) is 5.26 Å². The monoisotopic (exact) mass is 194 g/mol. The van der Waals surface area contributed by atoms with Crippen LogP contribution >= 0.6 is 12.2 Å². The summed E-state index contributed by atoms with van der Waals surface area (Å²) in [5.41, 5.74) is 7.19. The summed E-state index contributed by atoms with van der Waals surface area (Å²) in [4.78, 5) is 0.256. The molecule has 0 spiro atoms. The van der Waals surface area contributed by atoms with E-state index in [4.69, 9.17) is 23.2 Å². The molecule has 2 nitrogen and oxygen atoms in total. The van der Waals surface area contributed by atoms with Crippen LogP contribution in [0.1, 0.15) is 32.6 Å². The molecule has 0 aromatic heterocycles. The van der Waals surface area contributed by atoms with Crippen LogP contribution in [0.4, 0.5) is 0 Å². The van der Waals surface area contributed by atoms with E-state index in [2.05, 4.69) is 13.0 Å². The van der Waals surface area contributed by atoms with E-state index in [0.29, 0.717) is 11.5 Å². The lowest BCUT2D eigenvalue weighted by Crippen LogP contribution is -2.15. The summed E-state index contributed by atoms with van der Waals surface area (Å²) in [5.74, 6) is 0.668. The van der Waals surface area contributed by atoms with Gasteiger partial charge in [-0.25, -0.2) is 0 Å². The van der Waals surface area contributed by atoms with Gasteiger partial charge in [-0.15, -0.1) is 0 Å². The molecule has 13 heavy (non-hydrogen) atoms. The van der Waals surface area contributed by atoms with Gasteiger partial charge in [-0.1, -0.05) is 25.6 Å². The molecule has 1 rings (SSSR count). The van der Waals surface area contributed by atoms with E-state index in [0.717, 1.165) is 24.8 Å². The zero-order valence-corrected chi connectivity index (χ0v) is 8.66. The molecule has 1 aliphatic rings. The van der Waals surface area contributed by atoms with E-state index in [1.807, 2.05) is 0 Å². The Morgan fingerprint density at radius 1 is 1.69 bits per heavy atom. The third-order valence-electron chi connectivity index (χ3n) is 2.48. The summed E-state index contributed by atoms with van der Waals surface area (Å²) >= 11 is 4.83. The molecule has 0 bridgehead atoms. The first kappa shape index (κ1) is 10.2. The van der Waals surface area contributed by atoms with Gasteiger partial charge in [-0.05, 0) is 30.8 Å². The number of rotatable bonds is 1. The van der Waals surface area contributed by atoms with Crippen LogP contribution in [-0.2, 0) is 0 Å². The number of thiocarbonyl (C=S) groups is 1. The largest absolute Gasteiger partial charge is 0.389 e. The van der Waals surface area contributed by atoms with Crippen LogP contribution in [0.15, 0.2) is 11.1 Å². The molecule has 1 aliphatic carbocycles. The second-order valence-electron chi connectivity index (χ2n) is 3.66. The minimum absolute atomic E-state index is 0.256. The van der Waals surface area contributed by atoms with Gasteiger partial charge < -0.3 is 5.73 Å². The Bertz CT molecular complexity index is 286. The van der Waals surface area contributed by atoms with Crippen LogP contribution in [-0.4, -0.2) is 4.99 Å². The van der Waals surface area contributed by atoms with Crippen LogP contribution < -0.4 is 5.73 Å². The number of nitrogens with two attached hydrogens (primary N) is 1. The Labute approximate surface area is 84.4 Å². The highest BCUT2D eigenvalue weighted by atomic mass is 32.1. The normalized spacial score (nSPS) is 26.3. The second-order valence-corrected chi connectivity index (χ2v) is 4.10. The quantitative estimate of drug-likeness (QED) is 0.396. The summed E-state index contributed by atoms with van der Waals surface area (Å²) in [6.07, 6.45) is 4.38. The van der Waals surface area contributed by atoms with Crippen LogP contribution in [0.3, 0.4) is 0 Å². The van der Waals surface area contributed by atoms with Crippen molar-refractivity contribution < 1.29 is 0 Å². The fourth-order valence-electron chi connectivity index (χ4n) is 1.82. The fraction of sp³-hybridized carbons (Fsp3) is 0.600. The third kappa shape index (κ3) is 2.53. The predicted molar refractivity (Wildman–Crippen MR) is 57.1 cm³/mol. The van der Waals surface area contributed by atoms with Crippen molar-refractivity contribution >= 4 is 17.2 Å². The van der Waals surface area contributed by atoms with Gasteiger partial charge in [0.05, 0.1) is 5.57 Å². The van der Waals surface area contributed by atoms with Crippen molar-refractivity contribution in [2.24, 2.45) is 11.7 Å². The average Bonchev–Trinajstić information content (AvgIpc) is 2.04. The van der Waals surface area contributed by atoms with E-state index in [-0.39, 0.29) is 4.99 Å². The van der Waals surface area contributed by atoms with Crippen molar-refractivity contribution in [3.05, 3.63) is 11.1 Å². The lowest BCUT2D eigenvalue weighted by molar-refractivity contribution is 0.452. The van der Waals surface area contributed by atoms with E-state index in [1.165, 1.54) is 6.42 Å². The molecule has 0 amide bonds. The summed E-state index contributed by atoms with van der Waals surface area (Å²) in [6, 6.07) is 2.11. The number of allylic oxidation sites excluding steroid dienone is 1. The van der Waals surface area contributed by atoms with Crippen LogP contribution in [0, 0.1) is 17.2 Å². The van der Waals surface area contributed by atoms with Crippen molar-refractivity contribution in [3.8, 4) is 6.07 Å². The molecule has 0 aromatic carbocycles. The standard InChI is InChI=1S/C10H14N2S/c1-7-3-2-4-8(5-7)9(6-11)10(12)13/h7H,2-5H2,1H3,(H2,12,13)/b9-8-. The molecular formula is C10H14N2S. The maximum Gasteiger partial charge on any atom is 0.114 e. The smallest absolute Gasteiger partial charge is 0.114 e. The first-order chi connectivity index (χ1) is 6.15. The van der Waals surface area contributed by atoms with Gasteiger partial charge in [0, 0.05) is 0 Å². The zero-order chi connectivity index (χ0) is 9.84. The minimum Gasteiger partial charge on any atom is -0.389 e. The highest BCUT2D eigenvalue weighted by Gasteiger charge is 2.17. The topological polar surface area (TPSA) is 49.8 Å². The second kappa shape index (κ2) is 4.38. The summed E-state index contributed by atoms with van der Waals surface area (Å²) in [6.45, 7) is 2.20. The first-order valence-electron chi connectivity index (χ1n) is 4.57. The van der Waals surface area contributed by atoms with Crippen molar-refractivity contribution in [2.45, 2.75) is 32.6 Å². The molecule has 1 atom stereocenters. The van der Waals surface area contributed by atoms with E-state index in [1.54, 1.807) is 0 Å². The van der Waals surface area contributed by atoms with Gasteiger partial charge in [0.1, 0.15) is 11.1 Å². The van der Waals surface area contributed by atoms with Crippen LogP contribution in [0.25, 0.3) is 0 Å². The molecule has 2 N–H and O–H groups in total. The molecule has 3 heteroatoms. The van der Waals surface area contributed by atoms with Gasteiger partial charge >= 0.3 is 0 Å².